The third kappa shape index (κ3) is 7.67. The molecule has 13 heteroatoms. The number of aliphatic imine (C=N–C) groups is 1. The van der Waals surface area contributed by atoms with Crippen molar-refractivity contribution in [3.05, 3.63) is 101 Å². The number of allylic oxidation sites excluding steroid dienone is 1. The third-order valence-corrected chi connectivity index (χ3v) is 14.9. The van der Waals surface area contributed by atoms with Crippen LogP contribution in [0.5, 0.6) is 0 Å². The summed E-state index contributed by atoms with van der Waals surface area (Å²) >= 11 is 0. The number of cyclic esters (lactones) is 1. The molecule has 4 aromatic rings. The van der Waals surface area contributed by atoms with Gasteiger partial charge in [0.2, 0.25) is 11.8 Å². The van der Waals surface area contributed by atoms with Crippen LogP contribution >= 0.6 is 0 Å². The van der Waals surface area contributed by atoms with E-state index in [-0.39, 0.29) is 42.6 Å². The molecule has 2 aromatic carbocycles. The normalized spacial score (nSPS) is 25.8. The summed E-state index contributed by atoms with van der Waals surface area (Å²) in [5.74, 6) is -1.38. The number of amides is 3. The van der Waals surface area contributed by atoms with Gasteiger partial charge in [-0.3, -0.25) is 34.2 Å². The van der Waals surface area contributed by atoms with Gasteiger partial charge in [0.25, 0.3) is 5.91 Å². The number of nitrogens with zero attached hydrogens (tertiary/aromatic N) is 5. The number of fused-ring (bicyclic) bond motifs is 9. The molecule has 0 saturated carbocycles. The van der Waals surface area contributed by atoms with Gasteiger partial charge in [-0.15, -0.1) is 0 Å². The Morgan fingerprint density at radius 1 is 1.05 bits per heavy atom. The third-order valence-electron chi connectivity index (χ3n) is 14.9. The summed E-state index contributed by atoms with van der Waals surface area (Å²) in [6.45, 7) is 18.3. The monoisotopic (exact) mass is 893 g/mol. The number of carbonyl (C=O) groups excluding carboxylic acids is 4. The van der Waals surface area contributed by atoms with Crippen molar-refractivity contribution in [1.82, 2.24) is 30.2 Å². The van der Waals surface area contributed by atoms with Crippen LogP contribution in [0, 0.1) is 11.3 Å². The molecule has 6 heterocycles. The average Bonchev–Trinajstić information content (AvgIpc) is 3.90. The van der Waals surface area contributed by atoms with Crippen LogP contribution < -0.4 is 10.7 Å². The number of benzene rings is 2. The molecule has 1 aliphatic carbocycles. The van der Waals surface area contributed by atoms with Crippen molar-refractivity contribution in [2.45, 2.75) is 116 Å². The first kappa shape index (κ1) is 45.2. The molecule has 2 N–H and O–H groups in total. The van der Waals surface area contributed by atoms with E-state index < -0.39 is 35.1 Å². The summed E-state index contributed by atoms with van der Waals surface area (Å²) in [5, 5.41) is 5.76. The number of hydrazine groups is 1. The minimum atomic E-state index is -0.975. The van der Waals surface area contributed by atoms with Crippen molar-refractivity contribution < 1.29 is 28.7 Å². The van der Waals surface area contributed by atoms with Crippen LogP contribution in [0.4, 0.5) is 0 Å². The van der Waals surface area contributed by atoms with Gasteiger partial charge in [0.15, 0.2) is 0 Å². The topological polar surface area (TPSA) is 147 Å². The molecule has 66 heavy (non-hydrogen) atoms. The van der Waals surface area contributed by atoms with Crippen molar-refractivity contribution in [3.8, 4) is 22.4 Å². The highest BCUT2D eigenvalue weighted by molar-refractivity contribution is 6.02. The molecule has 5 aliphatic rings. The molecule has 6 bridgehead atoms. The SMILES string of the molecule is C=CC(=O)N1CC2=N[C@H](C(C(=O)NC3Cc4cccc(c4)-c4ccc5c(c4)c4c(n5CC)-c5cccnc5[C@](CC)(OC)C4C(C)(C)COC(=O)[C@@H]4CCCN(N4)C3=O)=C(C)C)CCC2C1. The fourth-order valence-corrected chi connectivity index (χ4v) is 11.8. The molecule has 4 aliphatic heterocycles. The smallest absolute Gasteiger partial charge is 0.324 e. The van der Waals surface area contributed by atoms with Gasteiger partial charge in [0.05, 0.1) is 30.6 Å². The Kier molecular flexibility index (Phi) is 12.1. The van der Waals surface area contributed by atoms with Crippen LogP contribution in [0.15, 0.2) is 89.6 Å². The van der Waals surface area contributed by atoms with Crippen LogP contribution in [0.2, 0.25) is 0 Å². The van der Waals surface area contributed by atoms with Crippen LogP contribution in [-0.2, 0) is 47.2 Å². The number of rotatable bonds is 7. The maximum atomic E-state index is 14.9. The number of likely N-dealkylation sites (tertiary alicyclic amines) is 1. The first-order valence-corrected chi connectivity index (χ1v) is 23.7. The number of methoxy groups -OCH3 is 1. The number of hydrogen-bond donors (Lipinski definition) is 2. The average molecular weight is 894 g/mol. The lowest BCUT2D eigenvalue weighted by atomic mass is 9.60. The quantitative estimate of drug-likeness (QED) is 0.144. The number of nitrogens with one attached hydrogen (secondary N) is 2. The molecule has 346 valence electrons. The fourth-order valence-electron chi connectivity index (χ4n) is 11.8. The van der Waals surface area contributed by atoms with E-state index in [4.69, 9.17) is 19.5 Å². The summed E-state index contributed by atoms with van der Waals surface area (Å²) in [6, 6.07) is 16.8. The van der Waals surface area contributed by atoms with Crippen LogP contribution in [0.25, 0.3) is 33.3 Å². The number of aryl methyl sites for hydroxylation is 1. The van der Waals surface area contributed by atoms with E-state index in [0.29, 0.717) is 50.9 Å². The number of hydrogen-bond acceptors (Lipinski definition) is 9. The Morgan fingerprint density at radius 3 is 2.59 bits per heavy atom. The Hall–Kier alpha value is -5.92. The highest BCUT2D eigenvalue weighted by Crippen LogP contribution is 2.61. The lowest BCUT2D eigenvalue weighted by Gasteiger charge is -2.50. The Bertz CT molecular complexity index is 2690. The van der Waals surface area contributed by atoms with Crippen molar-refractivity contribution in [1.29, 1.82) is 0 Å². The molecule has 0 radical (unpaired) electrons. The first-order valence-electron chi connectivity index (χ1n) is 23.7. The van der Waals surface area contributed by atoms with E-state index in [1.807, 2.05) is 38.2 Å². The second-order valence-electron chi connectivity index (χ2n) is 19.6. The second kappa shape index (κ2) is 17.7. The molecule has 3 unspecified atom stereocenters. The standard InChI is InChI=1S/C53H63N7O6/c1-9-43(61)58-28-35-19-21-38(55-41(35)29-58)44(31(4)5)49(62)56-40-26-32-15-12-16-33(25-32)34-20-22-42-37(27-34)45-46(59(42)11-3)36-17-13-23-54-48(36)53(10-2,65-8)47(45)52(6,7)30-66-51(64)39-18-14-24-60(57-39)50(40)63/h9,12-13,15-17,20,22-23,25,27,35,38-40,47,57H,1,10-11,14,18-19,21,24,26,28-30H2,2-8H3,(H,56,62)/t35?,38-,39-,40?,47?,53+/m0/s1. The predicted octanol–water partition coefficient (Wildman–Crippen LogP) is 7.43. The van der Waals surface area contributed by atoms with Crippen molar-refractivity contribution >= 4 is 40.3 Å². The van der Waals surface area contributed by atoms with Gasteiger partial charge >= 0.3 is 5.97 Å². The minimum Gasteiger partial charge on any atom is -0.464 e. The number of aromatic nitrogens is 2. The highest BCUT2D eigenvalue weighted by Gasteiger charge is 2.55. The molecular weight excluding hydrogens is 831 g/mol. The Morgan fingerprint density at radius 2 is 1.85 bits per heavy atom. The molecule has 2 saturated heterocycles. The number of pyridine rings is 1. The zero-order valence-electron chi connectivity index (χ0n) is 39.4. The number of esters is 1. The van der Waals surface area contributed by atoms with Gasteiger partial charge < -0.3 is 24.3 Å². The Balaban J connectivity index is 1.14. The molecule has 3 amide bonds. The molecular formula is C53H63N7O6. The summed E-state index contributed by atoms with van der Waals surface area (Å²) < 4.78 is 15.4. The molecule has 0 spiro atoms. The summed E-state index contributed by atoms with van der Waals surface area (Å²) in [6.07, 6.45) is 6.51. The van der Waals surface area contributed by atoms with Crippen molar-refractivity contribution in [2.75, 3.05) is 33.4 Å². The van der Waals surface area contributed by atoms with Crippen molar-refractivity contribution in [3.63, 3.8) is 0 Å². The molecule has 9 rings (SSSR count). The van der Waals surface area contributed by atoms with E-state index >= 15 is 0 Å². The van der Waals surface area contributed by atoms with E-state index in [1.54, 1.807) is 12.0 Å². The van der Waals surface area contributed by atoms with Gasteiger partial charge in [0, 0.05) is 84.4 Å². The summed E-state index contributed by atoms with van der Waals surface area (Å²) in [4.78, 5) is 68.1. The van der Waals surface area contributed by atoms with Crippen LogP contribution in [0.1, 0.15) is 96.4 Å². The zero-order valence-corrected chi connectivity index (χ0v) is 39.4. The molecule has 6 atom stereocenters. The van der Waals surface area contributed by atoms with Gasteiger partial charge in [0.1, 0.15) is 17.7 Å². The van der Waals surface area contributed by atoms with Gasteiger partial charge in [-0.25, -0.2) is 5.43 Å². The Labute approximate surface area is 387 Å². The van der Waals surface area contributed by atoms with Crippen molar-refractivity contribution in [2.24, 2.45) is 16.3 Å². The fraction of sp³-hybridized carbons (Fsp3) is 0.472. The minimum absolute atomic E-state index is 0.0920. The number of carbonyl (C=O) groups is 4. The molecule has 2 fully saturated rings. The van der Waals surface area contributed by atoms with E-state index in [2.05, 4.69) is 86.0 Å². The van der Waals surface area contributed by atoms with E-state index in [0.717, 1.165) is 74.4 Å². The van der Waals surface area contributed by atoms with Crippen LogP contribution in [0.3, 0.4) is 0 Å². The second-order valence-corrected chi connectivity index (χ2v) is 19.6. The zero-order chi connectivity index (χ0) is 46.7. The maximum absolute atomic E-state index is 14.9. The summed E-state index contributed by atoms with van der Waals surface area (Å²) in [7, 11) is 1.77. The number of ether oxygens (including phenoxy) is 2. The summed E-state index contributed by atoms with van der Waals surface area (Å²) in [5.41, 5.74) is 12.1. The van der Waals surface area contributed by atoms with E-state index in [9.17, 15) is 19.2 Å². The molecule has 13 nitrogen and oxygen atoms in total. The first-order chi connectivity index (χ1) is 31.7. The van der Waals surface area contributed by atoms with Gasteiger partial charge in [-0.1, -0.05) is 63.3 Å². The lowest BCUT2D eigenvalue weighted by Crippen LogP contribution is -2.60. The lowest BCUT2D eigenvalue weighted by molar-refractivity contribution is -0.158. The highest BCUT2D eigenvalue weighted by atomic mass is 16.5. The molecule has 2 aromatic heterocycles. The predicted molar refractivity (Wildman–Crippen MR) is 255 cm³/mol. The van der Waals surface area contributed by atoms with Gasteiger partial charge in [-0.05, 0) is 105 Å². The largest absolute Gasteiger partial charge is 0.464 e. The van der Waals surface area contributed by atoms with Crippen LogP contribution in [-0.4, -0.2) is 100 Å². The van der Waals surface area contributed by atoms with E-state index in [1.165, 1.54) is 11.1 Å². The maximum Gasteiger partial charge on any atom is 0.324 e. The van der Waals surface area contributed by atoms with Gasteiger partial charge in [-0.2, -0.15) is 0 Å².